The van der Waals surface area contributed by atoms with Crippen molar-refractivity contribution < 1.29 is 4.74 Å². The molecule has 1 aliphatic rings. The van der Waals surface area contributed by atoms with E-state index in [1.807, 2.05) is 6.07 Å². The van der Waals surface area contributed by atoms with E-state index in [1.54, 1.807) is 0 Å². The van der Waals surface area contributed by atoms with E-state index in [4.69, 9.17) is 4.74 Å². The third kappa shape index (κ3) is 1.92. The van der Waals surface area contributed by atoms with Crippen LogP contribution in [0.5, 0.6) is 11.5 Å². The monoisotopic (exact) mass is 361 g/mol. The fourth-order valence-electron chi connectivity index (χ4n) is 4.72. The lowest BCUT2D eigenvalue weighted by atomic mass is 9.69. The van der Waals surface area contributed by atoms with Gasteiger partial charge in [-0.25, -0.2) is 0 Å². The molecule has 0 bridgehead atoms. The highest BCUT2D eigenvalue weighted by Gasteiger charge is 2.40. The zero-order valence-electron chi connectivity index (χ0n) is 15.6. The highest BCUT2D eigenvalue weighted by molar-refractivity contribution is 6.11. The number of aromatic nitrogens is 1. The summed E-state index contributed by atoms with van der Waals surface area (Å²) >= 11 is 0. The molecule has 2 heterocycles. The molecule has 2 heteroatoms. The van der Waals surface area contributed by atoms with Crippen LogP contribution in [0.3, 0.4) is 0 Å². The second kappa shape index (κ2) is 5.49. The summed E-state index contributed by atoms with van der Waals surface area (Å²) in [5.41, 5.74) is 5.64. The minimum Gasteiger partial charge on any atom is -0.456 e. The van der Waals surface area contributed by atoms with E-state index in [-0.39, 0.29) is 5.41 Å². The second-order valence-electron chi connectivity index (χ2n) is 7.62. The highest BCUT2D eigenvalue weighted by atomic mass is 16.5. The maximum Gasteiger partial charge on any atom is 0.141 e. The molecule has 0 saturated carbocycles. The summed E-state index contributed by atoms with van der Waals surface area (Å²) in [7, 11) is 0. The Kier molecular flexibility index (Phi) is 3.05. The number of H-pyrrole nitrogens is 1. The molecule has 0 aliphatic carbocycles. The van der Waals surface area contributed by atoms with E-state index in [0.29, 0.717) is 0 Å². The van der Waals surface area contributed by atoms with Crippen molar-refractivity contribution in [1.82, 2.24) is 4.98 Å². The Hall–Kier alpha value is -3.52. The predicted octanol–water partition coefficient (Wildman–Crippen LogP) is 6.78. The number of hydrogen-bond acceptors (Lipinski definition) is 1. The summed E-state index contributed by atoms with van der Waals surface area (Å²) in [6.07, 6.45) is 0. The second-order valence-corrected chi connectivity index (χ2v) is 7.62. The standard InChI is InChI=1S/C26H19NO/c1-26(17-9-3-2-4-10-17)19-12-6-8-14-23(19)28-25-20(26)15-16-22-24(25)18-11-5-7-13-21(18)27-22/h2-16,27H,1H3. The number of ether oxygens (including phenoxy) is 1. The van der Waals surface area contributed by atoms with E-state index in [2.05, 4.69) is 96.8 Å². The van der Waals surface area contributed by atoms with Crippen molar-refractivity contribution in [2.45, 2.75) is 12.3 Å². The molecule has 28 heavy (non-hydrogen) atoms. The lowest BCUT2D eigenvalue weighted by Crippen LogP contribution is -2.29. The molecule has 0 amide bonds. The van der Waals surface area contributed by atoms with E-state index in [9.17, 15) is 0 Å². The number of rotatable bonds is 1. The van der Waals surface area contributed by atoms with Gasteiger partial charge in [-0.05, 0) is 30.7 Å². The van der Waals surface area contributed by atoms with E-state index in [0.717, 1.165) is 27.9 Å². The minimum absolute atomic E-state index is 0.280. The van der Waals surface area contributed by atoms with Crippen LogP contribution >= 0.6 is 0 Å². The van der Waals surface area contributed by atoms with Gasteiger partial charge in [0.2, 0.25) is 0 Å². The first-order valence-electron chi connectivity index (χ1n) is 9.63. The van der Waals surface area contributed by atoms with Crippen LogP contribution in [-0.2, 0) is 5.41 Å². The van der Waals surface area contributed by atoms with E-state index >= 15 is 0 Å². The van der Waals surface area contributed by atoms with Crippen molar-refractivity contribution in [3.8, 4) is 11.5 Å². The van der Waals surface area contributed by atoms with Crippen molar-refractivity contribution >= 4 is 21.8 Å². The quantitative estimate of drug-likeness (QED) is 0.350. The Balaban J connectivity index is 1.77. The molecule has 1 aliphatic heterocycles. The van der Waals surface area contributed by atoms with Gasteiger partial charge < -0.3 is 9.72 Å². The molecular weight excluding hydrogens is 342 g/mol. The van der Waals surface area contributed by atoms with Gasteiger partial charge in [-0.2, -0.15) is 0 Å². The molecule has 1 N–H and O–H groups in total. The molecule has 2 nitrogen and oxygen atoms in total. The lowest BCUT2D eigenvalue weighted by Gasteiger charge is -2.38. The van der Waals surface area contributed by atoms with Gasteiger partial charge in [0.05, 0.1) is 10.9 Å². The fourth-order valence-corrected chi connectivity index (χ4v) is 4.72. The Morgan fingerprint density at radius 2 is 1.43 bits per heavy atom. The molecule has 0 fully saturated rings. The molecule has 134 valence electrons. The van der Waals surface area contributed by atoms with Gasteiger partial charge in [-0.3, -0.25) is 0 Å². The number of para-hydroxylation sites is 2. The first-order valence-corrected chi connectivity index (χ1v) is 9.63. The first-order chi connectivity index (χ1) is 13.8. The van der Waals surface area contributed by atoms with Crippen LogP contribution in [0.25, 0.3) is 21.8 Å². The summed E-state index contributed by atoms with van der Waals surface area (Å²) in [6.45, 7) is 2.31. The summed E-state index contributed by atoms with van der Waals surface area (Å²) in [6, 6.07) is 32.0. The average molecular weight is 361 g/mol. The van der Waals surface area contributed by atoms with Gasteiger partial charge in [-0.15, -0.1) is 0 Å². The molecular formula is C26H19NO. The number of nitrogens with one attached hydrogen (secondary N) is 1. The summed E-state index contributed by atoms with van der Waals surface area (Å²) < 4.78 is 6.55. The third-order valence-corrected chi connectivity index (χ3v) is 6.15. The number of hydrogen-bond donors (Lipinski definition) is 1. The first kappa shape index (κ1) is 15.5. The third-order valence-electron chi connectivity index (χ3n) is 6.15. The smallest absolute Gasteiger partial charge is 0.141 e. The minimum atomic E-state index is -0.280. The van der Waals surface area contributed by atoms with Crippen molar-refractivity contribution in [2.24, 2.45) is 0 Å². The zero-order valence-corrected chi connectivity index (χ0v) is 15.6. The van der Waals surface area contributed by atoms with Crippen LogP contribution in [0.1, 0.15) is 23.6 Å². The van der Waals surface area contributed by atoms with Gasteiger partial charge >= 0.3 is 0 Å². The highest BCUT2D eigenvalue weighted by Crippen LogP contribution is 2.54. The van der Waals surface area contributed by atoms with Crippen LogP contribution < -0.4 is 4.74 Å². The molecule has 0 saturated heterocycles. The van der Waals surface area contributed by atoms with Crippen LogP contribution in [-0.4, -0.2) is 4.98 Å². The number of aromatic amines is 1. The average Bonchev–Trinajstić information content (AvgIpc) is 3.14. The summed E-state index contributed by atoms with van der Waals surface area (Å²) in [5, 5.41) is 2.36. The van der Waals surface area contributed by atoms with Gasteiger partial charge in [0, 0.05) is 27.4 Å². The molecule has 0 spiro atoms. The SMILES string of the molecule is CC1(c2ccccc2)c2ccccc2Oc2c1ccc1[nH]c3ccccc3c21. The number of benzene rings is 4. The topological polar surface area (TPSA) is 25.0 Å². The Bertz CT molecular complexity index is 1350. The Labute approximate surface area is 163 Å². The largest absolute Gasteiger partial charge is 0.456 e. The molecule has 4 aromatic carbocycles. The Morgan fingerprint density at radius 3 is 2.32 bits per heavy atom. The van der Waals surface area contributed by atoms with Gasteiger partial charge in [-0.1, -0.05) is 72.8 Å². The Morgan fingerprint density at radius 1 is 0.679 bits per heavy atom. The van der Waals surface area contributed by atoms with Crippen LogP contribution in [0.2, 0.25) is 0 Å². The van der Waals surface area contributed by atoms with Gasteiger partial charge in [0.25, 0.3) is 0 Å². The van der Waals surface area contributed by atoms with Crippen molar-refractivity contribution in [3.05, 3.63) is 108 Å². The van der Waals surface area contributed by atoms with Gasteiger partial charge in [0.15, 0.2) is 0 Å². The normalized spacial score (nSPS) is 17.9. The van der Waals surface area contributed by atoms with E-state index < -0.39 is 0 Å². The van der Waals surface area contributed by atoms with Gasteiger partial charge in [0.1, 0.15) is 11.5 Å². The van der Waals surface area contributed by atoms with Crippen molar-refractivity contribution in [1.29, 1.82) is 0 Å². The molecule has 1 unspecified atom stereocenters. The van der Waals surface area contributed by atoms with Crippen molar-refractivity contribution in [3.63, 3.8) is 0 Å². The summed E-state index contributed by atoms with van der Waals surface area (Å²) in [4.78, 5) is 3.54. The number of fused-ring (bicyclic) bond motifs is 6. The van der Waals surface area contributed by atoms with Crippen molar-refractivity contribution in [2.75, 3.05) is 0 Å². The predicted molar refractivity (Wildman–Crippen MR) is 114 cm³/mol. The van der Waals surface area contributed by atoms with Crippen LogP contribution in [0, 0.1) is 0 Å². The molecule has 6 rings (SSSR count). The molecule has 1 atom stereocenters. The molecule has 1 aromatic heterocycles. The van der Waals surface area contributed by atoms with Crippen LogP contribution in [0.15, 0.2) is 91.0 Å². The molecule has 0 radical (unpaired) electrons. The summed E-state index contributed by atoms with van der Waals surface area (Å²) in [5.74, 6) is 1.89. The fraction of sp³-hybridized carbons (Fsp3) is 0.0769. The lowest BCUT2D eigenvalue weighted by molar-refractivity contribution is 0.432. The van der Waals surface area contributed by atoms with E-state index in [1.165, 1.54) is 22.1 Å². The molecule has 5 aromatic rings. The maximum atomic E-state index is 6.55. The zero-order chi connectivity index (χ0) is 18.7. The van der Waals surface area contributed by atoms with Crippen LogP contribution in [0.4, 0.5) is 0 Å². The maximum absolute atomic E-state index is 6.55.